The fraction of sp³-hybridized carbons (Fsp3) is 0.353. The van der Waals surface area contributed by atoms with Gasteiger partial charge in [0.25, 0.3) is 10.0 Å². The summed E-state index contributed by atoms with van der Waals surface area (Å²) in [4.78, 5) is 4.22. The van der Waals surface area contributed by atoms with E-state index < -0.39 is 10.0 Å². The molecule has 136 valence electrons. The summed E-state index contributed by atoms with van der Waals surface area (Å²) >= 11 is 0. The molecule has 7 nitrogen and oxygen atoms in total. The average Bonchev–Trinajstić information content (AvgIpc) is 2.62. The van der Waals surface area contributed by atoms with Crippen molar-refractivity contribution in [2.45, 2.75) is 31.2 Å². The highest BCUT2D eigenvalue weighted by molar-refractivity contribution is 7.92. The summed E-state index contributed by atoms with van der Waals surface area (Å²) in [7, 11) is -0.959. The van der Waals surface area contributed by atoms with E-state index in [2.05, 4.69) is 21.9 Å². The second kappa shape index (κ2) is 8.06. The highest BCUT2D eigenvalue weighted by Crippen LogP contribution is 2.29. The van der Waals surface area contributed by atoms with Crippen LogP contribution in [0.2, 0.25) is 0 Å². The number of rotatable bonds is 8. The van der Waals surface area contributed by atoms with E-state index in [1.54, 1.807) is 24.3 Å². The number of methoxy groups -OCH3 is 2. The van der Waals surface area contributed by atoms with Crippen LogP contribution >= 0.6 is 0 Å². The number of anilines is 2. The summed E-state index contributed by atoms with van der Waals surface area (Å²) in [5.74, 6) is 1.35. The number of nitrogens with one attached hydrogen (secondary N) is 2. The molecule has 2 aromatic rings. The molecule has 1 atom stereocenters. The van der Waals surface area contributed by atoms with Crippen LogP contribution in [-0.4, -0.2) is 33.7 Å². The van der Waals surface area contributed by atoms with E-state index in [9.17, 15) is 8.42 Å². The van der Waals surface area contributed by atoms with E-state index in [1.165, 1.54) is 26.5 Å². The average molecular weight is 365 g/mol. The van der Waals surface area contributed by atoms with Gasteiger partial charge in [0, 0.05) is 12.1 Å². The molecule has 8 heteroatoms. The Kier molecular flexibility index (Phi) is 6.08. The molecule has 0 bridgehead atoms. The van der Waals surface area contributed by atoms with Crippen LogP contribution in [0.4, 0.5) is 11.5 Å². The molecule has 1 unspecified atom stereocenters. The van der Waals surface area contributed by atoms with Crippen molar-refractivity contribution in [1.29, 1.82) is 0 Å². The van der Waals surface area contributed by atoms with Crippen molar-refractivity contribution in [1.82, 2.24) is 4.98 Å². The van der Waals surface area contributed by atoms with E-state index in [0.717, 1.165) is 6.42 Å². The molecule has 1 aromatic carbocycles. The first-order valence-electron chi connectivity index (χ1n) is 7.87. The standard InChI is InChI=1S/C17H23N3O4S/c1-5-12(2)19-17-9-6-13(11-18-17)20-25(21,22)16-10-14(23-3)7-8-15(16)24-4/h6-12,20H,5H2,1-4H3,(H,18,19). The molecule has 1 heterocycles. The summed E-state index contributed by atoms with van der Waals surface area (Å²) in [5.41, 5.74) is 0.361. The van der Waals surface area contributed by atoms with E-state index in [1.807, 2.05) is 6.92 Å². The Hall–Kier alpha value is -2.48. The number of sulfonamides is 1. The fourth-order valence-electron chi connectivity index (χ4n) is 2.10. The highest BCUT2D eigenvalue weighted by Gasteiger charge is 2.21. The number of pyridine rings is 1. The molecule has 0 aliphatic heterocycles. The summed E-state index contributed by atoms with van der Waals surface area (Å²) in [6, 6.07) is 8.26. The SMILES string of the molecule is CCC(C)Nc1ccc(NS(=O)(=O)c2cc(OC)ccc2OC)cn1. The lowest BCUT2D eigenvalue weighted by Gasteiger charge is -2.14. The van der Waals surface area contributed by atoms with Crippen molar-refractivity contribution < 1.29 is 17.9 Å². The smallest absolute Gasteiger partial charge is 0.265 e. The van der Waals surface area contributed by atoms with Gasteiger partial charge >= 0.3 is 0 Å². The minimum Gasteiger partial charge on any atom is -0.497 e. The molecule has 0 saturated heterocycles. The third-order valence-electron chi connectivity index (χ3n) is 3.68. The molecule has 0 spiro atoms. The van der Waals surface area contributed by atoms with E-state index in [0.29, 0.717) is 17.3 Å². The van der Waals surface area contributed by atoms with Crippen molar-refractivity contribution in [3.63, 3.8) is 0 Å². The first-order chi connectivity index (χ1) is 11.9. The third kappa shape index (κ3) is 4.76. The lowest BCUT2D eigenvalue weighted by molar-refractivity contribution is 0.392. The Balaban J connectivity index is 2.24. The molecule has 2 rings (SSSR count). The molecular weight excluding hydrogens is 342 g/mol. The van der Waals surface area contributed by atoms with Gasteiger partial charge in [0.2, 0.25) is 0 Å². The first kappa shape index (κ1) is 18.9. The van der Waals surface area contributed by atoms with Crippen LogP contribution in [0.15, 0.2) is 41.4 Å². The Labute approximate surface area is 148 Å². The number of benzene rings is 1. The zero-order valence-corrected chi connectivity index (χ0v) is 15.6. The normalized spacial score (nSPS) is 12.3. The van der Waals surface area contributed by atoms with Crippen molar-refractivity contribution in [2.24, 2.45) is 0 Å². The molecule has 0 saturated carbocycles. The van der Waals surface area contributed by atoms with E-state index in [-0.39, 0.29) is 16.7 Å². The number of ether oxygens (including phenoxy) is 2. The second-order valence-corrected chi connectivity index (χ2v) is 7.16. The van der Waals surface area contributed by atoms with Gasteiger partial charge in [-0.1, -0.05) is 6.92 Å². The van der Waals surface area contributed by atoms with Crippen LogP contribution in [0.1, 0.15) is 20.3 Å². The largest absolute Gasteiger partial charge is 0.497 e. The molecule has 0 radical (unpaired) electrons. The summed E-state index contributed by atoms with van der Waals surface area (Å²) in [5, 5.41) is 3.22. The number of nitrogens with zero attached hydrogens (tertiary/aromatic N) is 1. The van der Waals surface area contributed by atoms with Gasteiger partial charge in [-0.25, -0.2) is 13.4 Å². The van der Waals surface area contributed by atoms with Gasteiger partial charge < -0.3 is 14.8 Å². The molecule has 0 fully saturated rings. The van der Waals surface area contributed by atoms with Crippen LogP contribution in [0.5, 0.6) is 11.5 Å². The molecule has 0 aliphatic carbocycles. The summed E-state index contributed by atoms with van der Waals surface area (Å²) in [6.07, 6.45) is 2.43. The molecule has 0 aliphatic rings. The zero-order chi connectivity index (χ0) is 18.4. The Morgan fingerprint density at radius 1 is 1.16 bits per heavy atom. The Morgan fingerprint density at radius 3 is 2.48 bits per heavy atom. The van der Waals surface area contributed by atoms with Gasteiger partial charge in [-0.2, -0.15) is 0 Å². The zero-order valence-electron chi connectivity index (χ0n) is 14.7. The molecule has 2 N–H and O–H groups in total. The van der Waals surface area contributed by atoms with Gasteiger partial charge in [-0.3, -0.25) is 4.72 Å². The quantitative estimate of drug-likeness (QED) is 0.747. The summed E-state index contributed by atoms with van der Waals surface area (Å²) in [6.45, 7) is 4.12. The molecular formula is C17H23N3O4S. The van der Waals surface area contributed by atoms with Crippen molar-refractivity contribution in [3.8, 4) is 11.5 Å². The van der Waals surface area contributed by atoms with Crippen LogP contribution in [0.3, 0.4) is 0 Å². The minimum absolute atomic E-state index is 0.00356. The predicted molar refractivity (Wildman–Crippen MR) is 98.0 cm³/mol. The van der Waals surface area contributed by atoms with Crippen molar-refractivity contribution >= 4 is 21.5 Å². The lowest BCUT2D eigenvalue weighted by Crippen LogP contribution is -2.16. The number of hydrogen-bond donors (Lipinski definition) is 2. The van der Waals surface area contributed by atoms with Crippen LogP contribution in [0, 0.1) is 0 Å². The molecule has 0 amide bonds. The maximum atomic E-state index is 12.7. The predicted octanol–water partition coefficient (Wildman–Crippen LogP) is 3.11. The van der Waals surface area contributed by atoms with Crippen molar-refractivity contribution in [3.05, 3.63) is 36.5 Å². The topological polar surface area (TPSA) is 89.5 Å². The minimum atomic E-state index is -3.84. The van der Waals surface area contributed by atoms with Crippen molar-refractivity contribution in [2.75, 3.05) is 24.3 Å². The van der Waals surface area contributed by atoms with Crippen LogP contribution < -0.4 is 19.5 Å². The highest BCUT2D eigenvalue weighted by atomic mass is 32.2. The van der Waals surface area contributed by atoms with E-state index >= 15 is 0 Å². The van der Waals surface area contributed by atoms with E-state index in [4.69, 9.17) is 9.47 Å². The van der Waals surface area contributed by atoms with Crippen LogP contribution in [0.25, 0.3) is 0 Å². The maximum Gasteiger partial charge on any atom is 0.265 e. The monoisotopic (exact) mass is 365 g/mol. The van der Waals surface area contributed by atoms with Crippen LogP contribution in [-0.2, 0) is 10.0 Å². The van der Waals surface area contributed by atoms with Gasteiger partial charge in [0.05, 0.1) is 26.1 Å². The third-order valence-corrected chi connectivity index (χ3v) is 5.09. The maximum absolute atomic E-state index is 12.7. The van der Waals surface area contributed by atoms with Gasteiger partial charge in [0.15, 0.2) is 0 Å². The second-order valence-electron chi connectivity index (χ2n) is 5.51. The summed E-state index contributed by atoms with van der Waals surface area (Å²) < 4.78 is 38.1. The number of hydrogen-bond acceptors (Lipinski definition) is 6. The van der Waals surface area contributed by atoms with Gasteiger partial charge in [0.1, 0.15) is 22.2 Å². The fourth-order valence-corrected chi connectivity index (χ4v) is 3.33. The van der Waals surface area contributed by atoms with Gasteiger partial charge in [-0.05, 0) is 37.6 Å². The molecule has 25 heavy (non-hydrogen) atoms. The lowest BCUT2D eigenvalue weighted by atomic mass is 10.2. The first-order valence-corrected chi connectivity index (χ1v) is 9.35. The Bertz CT molecular complexity index is 807. The Morgan fingerprint density at radius 2 is 1.92 bits per heavy atom. The number of aromatic nitrogens is 1. The molecule has 1 aromatic heterocycles. The van der Waals surface area contributed by atoms with Gasteiger partial charge in [-0.15, -0.1) is 0 Å².